The first kappa shape index (κ1) is 23.2. The molecule has 3 fully saturated rings. The normalized spacial score (nSPS) is 28.3. The molecule has 3 rings (SSSR count). The summed E-state index contributed by atoms with van der Waals surface area (Å²) in [5, 5.41) is 6.65. The number of halogens is 1. The first-order chi connectivity index (χ1) is 12.5. The molecule has 0 aromatic carbocycles. The molecule has 0 radical (unpaired) electrons. The molecule has 0 bridgehead atoms. The molecular formula is C18H35IN4O3S. The van der Waals surface area contributed by atoms with Gasteiger partial charge in [0.05, 0.1) is 31.3 Å². The largest absolute Gasteiger partial charge is 0.379 e. The summed E-state index contributed by atoms with van der Waals surface area (Å²) in [4.78, 5) is 7.50. The Hall–Kier alpha value is -0.130. The quantitative estimate of drug-likeness (QED) is 0.328. The van der Waals surface area contributed by atoms with Crippen LogP contribution in [0.15, 0.2) is 4.99 Å². The number of ether oxygens (including phenoxy) is 1. The summed E-state index contributed by atoms with van der Waals surface area (Å²) in [7, 11) is -2.89. The van der Waals surface area contributed by atoms with Crippen LogP contribution in [0.1, 0.15) is 45.4 Å². The molecule has 0 aromatic heterocycles. The van der Waals surface area contributed by atoms with Crippen molar-refractivity contribution in [2.24, 2.45) is 4.99 Å². The average molecular weight is 514 g/mol. The zero-order chi connectivity index (χ0) is 18.5. The van der Waals surface area contributed by atoms with Crippen molar-refractivity contribution in [1.29, 1.82) is 0 Å². The van der Waals surface area contributed by atoms with Crippen molar-refractivity contribution in [3.05, 3.63) is 0 Å². The number of sulfone groups is 1. The van der Waals surface area contributed by atoms with Gasteiger partial charge in [0.1, 0.15) is 0 Å². The third-order valence-electron chi connectivity index (χ3n) is 5.92. The van der Waals surface area contributed by atoms with Gasteiger partial charge in [-0.2, -0.15) is 0 Å². The molecule has 0 spiro atoms. The monoisotopic (exact) mass is 514 g/mol. The van der Waals surface area contributed by atoms with Crippen molar-refractivity contribution in [3.63, 3.8) is 0 Å². The Balaban J connectivity index is 0.00000261. The summed E-state index contributed by atoms with van der Waals surface area (Å²) in [5.74, 6) is 1.25. The maximum Gasteiger partial charge on any atom is 0.191 e. The lowest BCUT2D eigenvalue weighted by molar-refractivity contribution is -0.0333. The molecule has 27 heavy (non-hydrogen) atoms. The lowest BCUT2D eigenvalue weighted by atomic mass is 9.80. The lowest BCUT2D eigenvalue weighted by Crippen LogP contribution is -2.57. The molecule has 0 aromatic rings. The van der Waals surface area contributed by atoms with Gasteiger partial charge in [0.15, 0.2) is 15.8 Å². The average Bonchev–Trinajstić information content (AvgIpc) is 3.00. The van der Waals surface area contributed by atoms with Crippen LogP contribution in [-0.4, -0.2) is 81.8 Å². The molecule has 1 saturated carbocycles. The molecular weight excluding hydrogens is 479 g/mol. The first-order valence-electron chi connectivity index (χ1n) is 10.1. The van der Waals surface area contributed by atoms with Crippen LogP contribution in [0, 0.1) is 0 Å². The molecule has 2 heterocycles. The Morgan fingerprint density at radius 1 is 1.22 bits per heavy atom. The fourth-order valence-corrected chi connectivity index (χ4v) is 6.14. The molecule has 2 saturated heterocycles. The number of rotatable bonds is 5. The zero-order valence-corrected chi connectivity index (χ0v) is 19.6. The number of aliphatic imine (C=N–C) groups is 1. The number of nitrogens with zero attached hydrogens (tertiary/aromatic N) is 2. The van der Waals surface area contributed by atoms with E-state index in [9.17, 15) is 8.42 Å². The standard InChI is InChI=1S/C18H34N4O3S.HI/c1-2-19-17(21-16-6-13-26(23,24)14-16)20-15-18(7-4-3-5-8-18)22-9-11-25-12-10-22;/h16H,2-15H2,1H3,(H2,19,20,21);1H. The van der Waals surface area contributed by atoms with Crippen LogP contribution in [0.3, 0.4) is 0 Å². The van der Waals surface area contributed by atoms with Crippen LogP contribution >= 0.6 is 24.0 Å². The van der Waals surface area contributed by atoms with Crippen LogP contribution in [0.4, 0.5) is 0 Å². The highest BCUT2D eigenvalue weighted by atomic mass is 127. The fraction of sp³-hybridized carbons (Fsp3) is 0.944. The highest BCUT2D eigenvalue weighted by molar-refractivity contribution is 14.0. The van der Waals surface area contributed by atoms with E-state index in [-0.39, 0.29) is 47.1 Å². The second-order valence-electron chi connectivity index (χ2n) is 7.82. The van der Waals surface area contributed by atoms with Crippen LogP contribution in [0.25, 0.3) is 0 Å². The predicted octanol–water partition coefficient (Wildman–Crippen LogP) is 1.38. The van der Waals surface area contributed by atoms with E-state index < -0.39 is 9.84 Å². The van der Waals surface area contributed by atoms with Gasteiger partial charge >= 0.3 is 0 Å². The lowest BCUT2D eigenvalue weighted by Gasteiger charge is -2.47. The Labute approximate surface area is 181 Å². The van der Waals surface area contributed by atoms with E-state index in [2.05, 4.69) is 15.5 Å². The van der Waals surface area contributed by atoms with Gasteiger partial charge in [-0.1, -0.05) is 19.3 Å². The maximum atomic E-state index is 11.7. The second kappa shape index (κ2) is 10.6. The van der Waals surface area contributed by atoms with Gasteiger partial charge in [0.25, 0.3) is 0 Å². The summed E-state index contributed by atoms with van der Waals surface area (Å²) < 4.78 is 29.0. The molecule has 7 nitrogen and oxygen atoms in total. The summed E-state index contributed by atoms with van der Waals surface area (Å²) in [6, 6.07) is -0.0245. The van der Waals surface area contributed by atoms with Gasteiger partial charge in [0.2, 0.25) is 0 Å². The Kier molecular flexibility index (Phi) is 9.08. The van der Waals surface area contributed by atoms with Crippen LogP contribution in [0.2, 0.25) is 0 Å². The third-order valence-corrected chi connectivity index (χ3v) is 7.68. The predicted molar refractivity (Wildman–Crippen MR) is 120 cm³/mol. The van der Waals surface area contributed by atoms with Crippen molar-refractivity contribution in [2.75, 3.05) is 50.9 Å². The van der Waals surface area contributed by atoms with E-state index in [4.69, 9.17) is 9.73 Å². The topological polar surface area (TPSA) is 83.0 Å². The summed E-state index contributed by atoms with van der Waals surface area (Å²) >= 11 is 0. The molecule has 2 N–H and O–H groups in total. The van der Waals surface area contributed by atoms with Gasteiger partial charge < -0.3 is 15.4 Å². The highest BCUT2D eigenvalue weighted by Gasteiger charge is 2.38. The van der Waals surface area contributed by atoms with E-state index in [0.717, 1.165) is 45.4 Å². The molecule has 3 aliphatic rings. The number of guanidine groups is 1. The van der Waals surface area contributed by atoms with Crippen LogP contribution in [0.5, 0.6) is 0 Å². The van der Waals surface area contributed by atoms with Gasteiger partial charge in [-0.25, -0.2) is 8.42 Å². The zero-order valence-electron chi connectivity index (χ0n) is 16.4. The van der Waals surface area contributed by atoms with Gasteiger partial charge in [-0.05, 0) is 26.2 Å². The minimum absolute atomic E-state index is 0. The fourth-order valence-electron chi connectivity index (χ4n) is 4.47. The molecule has 0 amide bonds. The molecule has 1 unspecified atom stereocenters. The molecule has 1 atom stereocenters. The van der Waals surface area contributed by atoms with Crippen molar-refractivity contribution < 1.29 is 13.2 Å². The highest BCUT2D eigenvalue weighted by Crippen LogP contribution is 2.34. The van der Waals surface area contributed by atoms with Crippen LogP contribution < -0.4 is 10.6 Å². The summed E-state index contributed by atoms with van der Waals surface area (Å²) in [6.45, 7) is 7.17. The minimum Gasteiger partial charge on any atom is -0.379 e. The molecule has 9 heteroatoms. The van der Waals surface area contributed by atoms with Crippen molar-refractivity contribution >= 4 is 39.8 Å². The minimum atomic E-state index is -2.89. The first-order valence-corrected chi connectivity index (χ1v) is 11.9. The third kappa shape index (κ3) is 6.43. The molecule has 158 valence electrons. The number of hydrogen-bond donors (Lipinski definition) is 2. The van der Waals surface area contributed by atoms with Gasteiger partial charge in [0, 0.05) is 31.2 Å². The Morgan fingerprint density at radius 2 is 1.93 bits per heavy atom. The van der Waals surface area contributed by atoms with E-state index in [1.807, 2.05) is 6.92 Å². The Morgan fingerprint density at radius 3 is 2.52 bits per heavy atom. The van der Waals surface area contributed by atoms with Crippen molar-refractivity contribution in [3.8, 4) is 0 Å². The number of morpholine rings is 1. The summed E-state index contributed by atoms with van der Waals surface area (Å²) in [5.41, 5.74) is 0.131. The number of hydrogen-bond acceptors (Lipinski definition) is 5. The van der Waals surface area contributed by atoms with E-state index in [1.54, 1.807) is 0 Å². The molecule has 2 aliphatic heterocycles. The van der Waals surface area contributed by atoms with Gasteiger partial charge in [-0.15, -0.1) is 24.0 Å². The van der Waals surface area contributed by atoms with E-state index in [0.29, 0.717) is 6.42 Å². The smallest absolute Gasteiger partial charge is 0.191 e. The molecule has 1 aliphatic carbocycles. The van der Waals surface area contributed by atoms with Crippen molar-refractivity contribution in [1.82, 2.24) is 15.5 Å². The summed E-state index contributed by atoms with van der Waals surface area (Å²) in [6.07, 6.45) is 6.88. The number of nitrogens with one attached hydrogen (secondary N) is 2. The van der Waals surface area contributed by atoms with E-state index >= 15 is 0 Å². The second-order valence-corrected chi connectivity index (χ2v) is 10.1. The SMILES string of the molecule is CCNC(=NCC1(N2CCOCC2)CCCCC1)NC1CCS(=O)(=O)C1.I. The van der Waals surface area contributed by atoms with Crippen LogP contribution in [-0.2, 0) is 14.6 Å². The van der Waals surface area contributed by atoms with E-state index in [1.165, 1.54) is 32.1 Å². The van der Waals surface area contributed by atoms with Gasteiger partial charge in [-0.3, -0.25) is 9.89 Å². The maximum absolute atomic E-state index is 11.7. The Bertz CT molecular complexity index is 587. The van der Waals surface area contributed by atoms with Crippen molar-refractivity contribution in [2.45, 2.75) is 57.0 Å².